The molecule has 0 saturated carbocycles. The maximum atomic E-state index is 5.62. The molecule has 0 aliphatic carbocycles. The molecule has 0 unspecified atom stereocenters. The first-order chi connectivity index (χ1) is 7.61. The van der Waals surface area contributed by atoms with Crippen molar-refractivity contribution in [3.63, 3.8) is 0 Å². The lowest BCUT2D eigenvalue weighted by Gasteiger charge is -2.12. The number of nitrogens with zero attached hydrogens (tertiary/aromatic N) is 2. The van der Waals surface area contributed by atoms with E-state index in [2.05, 4.69) is 29.3 Å². The molecule has 4 nitrogen and oxygen atoms in total. The van der Waals surface area contributed by atoms with Gasteiger partial charge in [0.05, 0.1) is 11.9 Å². The van der Waals surface area contributed by atoms with E-state index in [9.17, 15) is 0 Å². The van der Waals surface area contributed by atoms with Crippen LogP contribution in [0.1, 0.15) is 12.0 Å². The molecule has 1 aromatic rings. The van der Waals surface area contributed by atoms with Crippen LogP contribution in [0, 0.1) is 0 Å². The zero-order valence-corrected chi connectivity index (χ0v) is 10.5. The van der Waals surface area contributed by atoms with Crippen LogP contribution in [0.25, 0.3) is 0 Å². The van der Waals surface area contributed by atoms with Crippen LogP contribution in [0.4, 0.5) is 5.69 Å². The second kappa shape index (κ2) is 6.40. The summed E-state index contributed by atoms with van der Waals surface area (Å²) in [6.45, 7) is 1.94. The Kier molecular flexibility index (Phi) is 5.14. The highest BCUT2D eigenvalue weighted by atomic mass is 32.1. The van der Waals surface area contributed by atoms with E-state index in [0.717, 1.165) is 30.8 Å². The summed E-state index contributed by atoms with van der Waals surface area (Å²) in [5, 5.41) is 3.29. The van der Waals surface area contributed by atoms with Gasteiger partial charge in [0.1, 0.15) is 4.99 Å². The lowest BCUT2D eigenvalue weighted by Crippen LogP contribution is -2.18. The second-order valence-electron chi connectivity index (χ2n) is 3.87. The second-order valence-corrected chi connectivity index (χ2v) is 4.31. The largest absolute Gasteiger partial charge is 0.389 e. The molecule has 5 heteroatoms. The van der Waals surface area contributed by atoms with Crippen molar-refractivity contribution in [3.8, 4) is 0 Å². The fraction of sp³-hybridized carbons (Fsp3) is 0.455. The number of aromatic nitrogens is 1. The number of rotatable bonds is 6. The SMILES string of the molecule is CN(C)CCCNc1cnccc1C(N)=S. The molecule has 0 radical (unpaired) electrons. The summed E-state index contributed by atoms with van der Waals surface area (Å²) in [7, 11) is 4.12. The summed E-state index contributed by atoms with van der Waals surface area (Å²) in [5.41, 5.74) is 7.39. The maximum Gasteiger partial charge on any atom is 0.106 e. The van der Waals surface area contributed by atoms with Crippen LogP contribution in [0.15, 0.2) is 18.5 Å². The van der Waals surface area contributed by atoms with E-state index in [-0.39, 0.29) is 0 Å². The molecule has 0 aliphatic heterocycles. The van der Waals surface area contributed by atoms with Crippen molar-refractivity contribution in [1.82, 2.24) is 9.88 Å². The highest BCUT2D eigenvalue weighted by Gasteiger charge is 2.03. The first-order valence-corrected chi connectivity index (χ1v) is 5.64. The number of anilines is 1. The van der Waals surface area contributed by atoms with Gasteiger partial charge in [-0.2, -0.15) is 0 Å². The molecule has 0 aliphatic rings. The monoisotopic (exact) mass is 238 g/mol. The van der Waals surface area contributed by atoms with E-state index in [0.29, 0.717) is 4.99 Å². The Labute approximate surface area is 102 Å². The summed E-state index contributed by atoms with van der Waals surface area (Å²) >= 11 is 4.97. The van der Waals surface area contributed by atoms with E-state index < -0.39 is 0 Å². The standard InChI is InChI=1S/C11H18N4S/c1-15(2)7-3-5-14-10-8-13-6-4-9(10)11(12)16/h4,6,8,14H,3,5,7H2,1-2H3,(H2,12,16). The quantitative estimate of drug-likeness (QED) is 0.574. The summed E-state index contributed by atoms with van der Waals surface area (Å²) < 4.78 is 0. The number of hydrogen-bond donors (Lipinski definition) is 2. The van der Waals surface area contributed by atoms with Gasteiger partial charge in [-0.05, 0) is 33.1 Å². The van der Waals surface area contributed by atoms with E-state index in [1.54, 1.807) is 12.4 Å². The van der Waals surface area contributed by atoms with Gasteiger partial charge in [0.15, 0.2) is 0 Å². The van der Waals surface area contributed by atoms with Gasteiger partial charge >= 0.3 is 0 Å². The summed E-state index contributed by atoms with van der Waals surface area (Å²) in [6, 6.07) is 1.83. The van der Waals surface area contributed by atoms with E-state index in [1.165, 1.54) is 0 Å². The first kappa shape index (κ1) is 12.9. The van der Waals surface area contributed by atoms with Crippen molar-refractivity contribution in [3.05, 3.63) is 24.0 Å². The maximum absolute atomic E-state index is 5.62. The molecule has 0 aromatic carbocycles. The van der Waals surface area contributed by atoms with E-state index in [4.69, 9.17) is 18.0 Å². The third kappa shape index (κ3) is 4.12. The molecule has 88 valence electrons. The van der Waals surface area contributed by atoms with Gasteiger partial charge in [0.25, 0.3) is 0 Å². The van der Waals surface area contributed by atoms with Crippen molar-refractivity contribution in [1.29, 1.82) is 0 Å². The molecular formula is C11H18N4S. The van der Waals surface area contributed by atoms with Crippen LogP contribution >= 0.6 is 12.2 Å². The number of hydrogen-bond acceptors (Lipinski definition) is 4. The summed E-state index contributed by atoms with van der Waals surface area (Å²) in [6.07, 6.45) is 4.52. The van der Waals surface area contributed by atoms with Gasteiger partial charge in [-0.1, -0.05) is 12.2 Å². The third-order valence-electron chi connectivity index (χ3n) is 2.18. The fourth-order valence-electron chi connectivity index (χ4n) is 1.37. The first-order valence-electron chi connectivity index (χ1n) is 5.23. The molecule has 0 atom stereocenters. The van der Waals surface area contributed by atoms with Crippen LogP contribution < -0.4 is 11.1 Å². The van der Waals surface area contributed by atoms with Gasteiger partial charge in [-0.3, -0.25) is 4.98 Å². The third-order valence-corrected chi connectivity index (χ3v) is 2.40. The van der Waals surface area contributed by atoms with Crippen LogP contribution in [-0.4, -0.2) is 42.1 Å². The Balaban J connectivity index is 2.50. The summed E-state index contributed by atoms with van der Waals surface area (Å²) in [4.78, 5) is 6.61. The van der Waals surface area contributed by atoms with Crippen molar-refractivity contribution >= 4 is 22.9 Å². The Bertz CT molecular complexity index is 352. The molecule has 0 spiro atoms. The molecule has 0 amide bonds. The molecule has 0 saturated heterocycles. The van der Waals surface area contributed by atoms with Crippen LogP contribution in [0.2, 0.25) is 0 Å². The minimum absolute atomic E-state index is 0.400. The average molecular weight is 238 g/mol. The smallest absolute Gasteiger partial charge is 0.106 e. The molecule has 0 fully saturated rings. The predicted octanol–water partition coefficient (Wildman–Crippen LogP) is 1.08. The lowest BCUT2D eigenvalue weighted by atomic mass is 10.2. The van der Waals surface area contributed by atoms with Gasteiger partial charge in [-0.15, -0.1) is 0 Å². The Hall–Kier alpha value is -1.20. The molecule has 3 N–H and O–H groups in total. The number of nitrogens with two attached hydrogens (primary N) is 1. The number of pyridine rings is 1. The molecule has 16 heavy (non-hydrogen) atoms. The topological polar surface area (TPSA) is 54.2 Å². The van der Waals surface area contributed by atoms with Crippen molar-refractivity contribution in [2.45, 2.75) is 6.42 Å². The lowest BCUT2D eigenvalue weighted by molar-refractivity contribution is 0.405. The highest BCUT2D eigenvalue weighted by molar-refractivity contribution is 7.80. The zero-order chi connectivity index (χ0) is 12.0. The van der Waals surface area contributed by atoms with Gasteiger partial charge in [0.2, 0.25) is 0 Å². The Morgan fingerprint density at radius 1 is 1.56 bits per heavy atom. The van der Waals surface area contributed by atoms with E-state index >= 15 is 0 Å². The molecule has 1 aromatic heterocycles. The molecule has 0 bridgehead atoms. The van der Waals surface area contributed by atoms with Gasteiger partial charge in [-0.25, -0.2) is 0 Å². The predicted molar refractivity (Wildman–Crippen MR) is 71.8 cm³/mol. The Morgan fingerprint density at radius 3 is 2.94 bits per heavy atom. The van der Waals surface area contributed by atoms with Crippen LogP contribution in [0.3, 0.4) is 0 Å². The average Bonchev–Trinajstić information content (AvgIpc) is 2.24. The number of nitrogens with one attached hydrogen (secondary N) is 1. The van der Waals surface area contributed by atoms with Gasteiger partial charge in [0, 0.05) is 18.3 Å². The Morgan fingerprint density at radius 2 is 2.31 bits per heavy atom. The normalized spacial score (nSPS) is 10.4. The minimum Gasteiger partial charge on any atom is -0.389 e. The van der Waals surface area contributed by atoms with Crippen LogP contribution in [0.5, 0.6) is 0 Å². The van der Waals surface area contributed by atoms with Crippen molar-refractivity contribution < 1.29 is 0 Å². The fourth-order valence-corrected chi connectivity index (χ4v) is 1.55. The summed E-state index contributed by atoms with van der Waals surface area (Å²) in [5.74, 6) is 0. The van der Waals surface area contributed by atoms with Crippen molar-refractivity contribution in [2.24, 2.45) is 5.73 Å². The van der Waals surface area contributed by atoms with E-state index in [1.807, 2.05) is 6.07 Å². The molecule has 1 heterocycles. The molecular weight excluding hydrogens is 220 g/mol. The van der Waals surface area contributed by atoms with Gasteiger partial charge < -0.3 is 16.0 Å². The minimum atomic E-state index is 0.400. The zero-order valence-electron chi connectivity index (χ0n) is 9.73. The molecule has 1 rings (SSSR count). The van der Waals surface area contributed by atoms with Crippen LogP contribution in [-0.2, 0) is 0 Å². The highest BCUT2D eigenvalue weighted by Crippen LogP contribution is 2.12. The number of thiocarbonyl (C=S) groups is 1. The van der Waals surface area contributed by atoms with Crippen molar-refractivity contribution in [2.75, 3.05) is 32.5 Å².